The number of hydrogen-bond donors (Lipinski definition) is 1. The van der Waals surface area contributed by atoms with Gasteiger partial charge in [0, 0.05) is 11.3 Å². The van der Waals surface area contributed by atoms with Gasteiger partial charge >= 0.3 is 12.3 Å². The molecule has 1 aromatic carbocycles. The number of benzene rings is 1. The molecular formula is C18H13Cl3F4N2O2. The average Bonchev–Trinajstić information content (AvgIpc) is 3.08. The summed E-state index contributed by atoms with van der Waals surface area (Å²) >= 11 is 16.6. The number of amides is 1. The highest BCUT2D eigenvalue weighted by Crippen LogP contribution is 2.44. The number of aromatic nitrogens is 1. The summed E-state index contributed by atoms with van der Waals surface area (Å²) in [5, 5.41) is 2.34. The van der Waals surface area contributed by atoms with Gasteiger partial charge in [0.05, 0.1) is 5.69 Å². The zero-order valence-electron chi connectivity index (χ0n) is 14.5. The zero-order valence-corrected chi connectivity index (χ0v) is 16.8. The van der Waals surface area contributed by atoms with Gasteiger partial charge in [0.2, 0.25) is 3.79 Å². The monoisotopic (exact) mass is 470 g/mol. The first kappa shape index (κ1) is 21.9. The van der Waals surface area contributed by atoms with Gasteiger partial charge in [-0.15, -0.1) is 0 Å². The minimum atomic E-state index is -4.81. The smallest absolute Gasteiger partial charge is 0.434 e. The van der Waals surface area contributed by atoms with E-state index >= 15 is 0 Å². The Morgan fingerprint density at radius 1 is 1.14 bits per heavy atom. The molecule has 0 atom stereocenters. The number of hydrogen-bond acceptors (Lipinski definition) is 3. The van der Waals surface area contributed by atoms with Crippen LogP contribution in [0.4, 0.5) is 28.0 Å². The number of pyridine rings is 1. The van der Waals surface area contributed by atoms with Crippen molar-refractivity contribution in [2.45, 2.75) is 29.2 Å². The van der Waals surface area contributed by atoms with E-state index in [1.54, 1.807) is 0 Å². The molecule has 156 valence electrons. The lowest BCUT2D eigenvalue weighted by atomic mass is 9.97. The number of nitrogens with zero attached hydrogens (tertiary/aromatic N) is 1. The summed E-state index contributed by atoms with van der Waals surface area (Å²) in [7, 11) is 0. The van der Waals surface area contributed by atoms with Gasteiger partial charge in [0.15, 0.2) is 5.69 Å². The van der Waals surface area contributed by atoms with E-state index in [1.165, 1.54) is 12.1 Å². The summed E-state index contributed by atoms with van der Waals surface area (Å²) in [6.45, 7) is -0.602. The van der Waals surface area contributed by atoms with E-state index in [9.17, 15) is 22.4 Å². The number of nitrogens with one attached hydrogen (secondary N) is 1. The molecule has 29 heavy (non-hydrogen) atoms. The van der Waals surface area contributed by atoms with E-state index in [4.69, 9.17) is 39.5 Å². The number of carbonyl (C=O) groups is 1. The lowest BCUT2D eigenvalue weighted by Gasteiger charge is -2.21. The number of ether oxygens (including phenoxy) is 1. The Morgan fingerprint density at radius 2 is 1.79 bits per heavy atom. The number of fused-ring (bicyclic) bond motifs is 1. The van der Waals surface area contributed by atoms with Crippen LogP contribution in [0, 0.1) is 5.82 Å². The predicted molar refractivity (Wildman–Crippen MR) is 102 cm³/mol. The fraction of sp³-hybridized carbons (Fsp3) is 0.333. The van der Waals surface area contributed by atoms with E-state index in [0.717, 1.165) is 12.1 Å². The van der Waals surface area contributed by atoms with Crippen LogP contribution in [0.1, 0.15) is 23.4 Å². The Morgan fingerprint density at radius 3 is 2.38 bits per heavy atom. The molecule has 11 heteroatoms. The average molecular weight is 472 g/mol. The topological polar surface area (TPSA) is 51.2 Å². The normalized spacial score (nSPS) is 13.9. The zero-order chi connectivity index (χ0) is 21.4. The molecule has 1 heterocycles. The summed E-state index contributed by atoms with van der Waals surface area (Å²) in [5.41, 5.74) is -0.910. The van der Waals surface area contributed by atoms with Crippen molar-refractivity contribution < 1.29 is 27.1 Å². The predicted octanol–water partition coefficient (Wildman–Crippen LogP) is 6.31. The minimum Gasteiger partial charge on any atom is -0.445 e. The third-order valence-corrected chi connectivity index (χ3v) is 4.55. The molecule has 0 radical (unpaired) electrons. The Kier molecular flexibility index (Phi) is 6.17. The standard InChI is InChI=1S/C18H13Cl3F4N2O2/c19-17(20,21)8-29-16(28)27-14-11-2-1-3-12(11)26-15(18(23,24)25)13(14)9-4-6-10(22)7-5-9/h4-7H,1-3,8H2,(H,26,27,28). The van der Waals surface area contributed by atoms with Crippen LogP contribution < -0.4 is 5.32 Å². The van der Waals surface area contributed by atoms with E-state index in [1.807, 2.05) is 0 Å². The highest BCUT2D eigenvalue weighted by Gasteiger charge is 2.40. The van der Waals surface area contributed by atoms with Gasteiger partial charge < -0.3 is 4.74 Å². The molecule has 1 amide bonds. The molecule has 0 fully saturated rings. The Balaban J connectivity index is 2.13. The second-order valence-corrected chi connectivity index (χ2v) is 8.83. The molecule has 4 nitrogen and oxygen atoms in total. The van der Waals surface area contributed by atoms with Crippen LogP contribution in [-0.2, 0) is 23.8 Å². The van der Waals surface area contributed by atoms with Crippen LogP contribution >= 0.6 is 34.8 Å². The molecule has 0 spiro atoms. The summed E-state index contributed by atoms with van der Waals surface area (Å²) in [5.74, 6) is -0.618. The van der Waals surface area contributed by atoms with Crippen LogP contribution in [-0.4, -0.2) is 21.5 Å². The van der Waals surface area contributed by atoms with Crippen molar-refractivity contribution in [2.75, 3.05) is 11.9 Å². The molecule has 0 saturated heterocycles. The Bertz CT molecular complexity index is 929. The van der Waals surface area contributed by atoms with Crippen LogP contribution in [0.15, 0.2) is 24.3 Å². The van der Waals surface area contributed by atoms with Crippen molar-refractivity contribution >= 4 is 46.6 Å². The van der Waals surface area contributed by atoms with Crippen LogP contribution in [0.2, 0.25) is 0 Å². The fourth-order valence-corrected chi connectivity index (χ4v) is 3.27. The molecule has 3 rings (SSSR count). The molecule has 1 aliphatic carbocycles. The first-order valence-electron chi connectivity index (χ1n) is 8.35. The maximum Gasteiger partial charge on any atom is 0.434 e. The van der Waals surface area contributed by atoms with Gasteiger partial charge in [-0.3, -0.25) is 5.32 Å². The molecule has 2 aromatic rings. The van der Waals surface area contributed by atoms with Crippen molar-refractivity contribution in [3.05, 3.63) is 47.0 Å². The van der Waals surface area contributed by atoms with Gasteiger partial charge in [0.25, 0.3) is 0 Å². The number of rotatable bonds is 3. The minimum absolute atomic E-state index is 0.0394. The number of carbonyl (C=O) groups excluding carboxylic acids is 1. The van der Waals surface area contributed by atoms with E-state index in [-0.39, 0.29) is 22.5 Å². The molecule has 0 aliphatic heterocycles. The van der Waals surface area contributed by atoms with Crippen LogP contribution in [0.3, 0.4) is 0 Å². The van der Waals surface area contributed by atoms with Crippen molar-refractivity contribution in [1.82, 2.24) is 4.98 Å². The largest absolute Gasteiger partial charge is 0.445 e. The number of alkyl halides is 6. The van der Waals surface area contributed by atoms with Crippen LogP contribution in [0.25, 0.3) is 11.1 Å². The second-order valence-electron chi connectivity index (χ2n) is 6.31. The SMILES string of the molecule is O=C(Nc1c2c(nc(C(F)(F)F)c1-c1ccc(F)cc1)CCC2)OCC(Cl)(Cl)Cl. The van der Waals surface area contributed by atoms with Crippen molar-refractivity contribution in [1.29, 1.82) is 0 Å². The van der Waals surface area contributed by atoms with Crippen molar-refractivity contribution in [2.24, 2.45) is 0 Å². The lowest BCUT2D eigenvalue weighted by Crippen LogP contribution is -2.23. The molecule has 1 N–H and O–H groups in total. The van der Waals surface area contributed by atoms with Gasteiger partial charge in [0.1, 0.15) is 12.4 Å². The first-order valence-corrected chi connectivity index (χ1v) is 9.48. The van der Waals surface area contributed by atoms with Gasteiger partial charge in [-0.2, -0.15) is 13.2 Å². The number of anilines is 1. The van der Waals surface area contributed by atoms with Gasteiger partial charge in [-0.25, -0.2) is 14.2 Å². The fourth-order valence-electron chi connectivity index (χ4n) is 3.11. The summed E-state index contributed by atoms with van der Waals surface area (Å²) in [6, 6.07) is 4.41. The van der Waals surface area contributed by atoms with E-state index in [2.05, 4.69) is 10.3 Å². The quantitative estimate of drug-likeness (QED) is 0.421. The molecule has 1 aliphatic rings. The molecule has 0 bridgehead atoms. The maximum atomic E-state index is 13.8. The second kappa shape index (κ2) is 8.16. The van der Waals surface area contributed by atoms with E-state index in [0.29, 0.717) is 24.8 Å². The summed E-state index contributed by atoms with van der Waals surface area (Å²) in [4.78, 5) is 16.0. The van der Waals surface area contributed by atoms with Crippen molar-refractivity contribution in [3.63, 3.8) is 0 Å². The van der Waals surface area contributed by atoms with Crippen LogP contribution in [0.5, 0.6) is 0 Å². The highest BCUT2D eigenvalue weighted by molar-refractivity contribution is 6.67. The molecule has 1 aromatic heterocycles. The number of aryl methyl sites for hydroxylation is 1. The molecule has 0 saturated carbocycles. The Labute approximate surface area is 178 Å². The molecule has 0 unspecified atom stereocenters. The first-order chi connectivity index (χ1) is 13.5. The maximum absolute atomic E-state index is 13.8. The van der Waals surface area contributed by atoms with Crippen molar-refractivity contribution in [3.8, 4) is 11.1 Å². The molecular weight excluding hydrogens is 459 g/mol. The third-order valence-electron chi connectivity index (χ3n) is 4.22. The van der Waals surface area contributed by atoms with Gasteiger partial charge in [-0.05, 0) is 42.5 Å². The summed E-state index contributed by atoms with van der Waals surface area (Å²) in [6.07, 6.45) is -4.58. The van der Waals surface area contributed by atoms with Gasteiger partial charge in [-0.1, -0.05) is 46.9 Å². The number of halogens is 7. The Hall–Kier alpha value is -1.77. The highest BCUT2D eigenvalue weighted by atomic mass is 35.6. The summed E-state index contributed by atoms with van der Waals surface area (Å²) < 4.78 is 57.5. The third kappa shape index (κ3) is 5.24. The van der Waals surface area contributed by atoms with E-state index < -0.39 is 34.2 Å². The lowest BCUT2D eigenvalue weighted by molar-refractivity contribution is -0.140.